The van der Waals surface area contributed by atoms with Gasteiger partial charge in [-0.1, -0.05) is 6.92 Å². The van der Waals surface area contributed by atoms with E-state index in [1.165, 1.54) is 45.6 Å². The average Bonchev–Trinajstić information content (AvgIpc) is 2.21. The number of rotatable bonds is 6. The second-order valence-electron chi connectivity index (χ2n) is 4.75. The summed E-state index contributed by atoms with van der Waals surface area (Å²) in [4.78, 5) is 5.01. The lowest BCUT2D eigenvalue weighted by Crippen LogP contribution is -2.44. The van der Waals surface area contributed by atoms with Crippen LogP contribution in [0.5, 0.6) is 0 Å². The molecule has 0 aliphatic carbocycles. The highest BCUT2D eigenvalue weighted by Crippen LogP contribution is 2.03. The van der Waals surface area contributed by atoms with E-state index >= 15 is 0 Å². The highest BCUT2D eigenvalue weighted by molar-refractivity contribution is 4.70. The normalized spacial score (nSPS) is 21.8. The van der Waals surface area contributed by atoms with Crippen molar-refractivity contribution in [2.24, 2.45) is 0 Å². The van der Waals surface area contributed by atoms with Crippen LogP contribution in [0.3, 0.4) is 0 Å². The minimum atomic E-state index is 0.683. The zero-order valence-corrected chi connectivity index (χ0v) is 10.6. The molecule has 3 nitrogen and oxygen atoms in total. The molecular weight excluding hydrogens is 186 g/mol. The number of hydrogen-bond acceptors (Lipinski definition) is 3. The van der Waals surface area contributed by atoms with Crippen LogP contribution in [0.25, 0.3) is 0 Å². The minimum Gasteiger partial charge on any atom is -0.315 e. The zero-order chi connectivity index (χ0) is 11.1. The number of nitrogens with zero attached hydrogens (tertiary/aromatic N) is 2. The number of piperazine rings is 1. The second-order valence-corrected chi connectivity index (χ2v) is 4.75. The van der Waals surface area contributed by atoms with Crippen molar-refractivity contribution in [3.05, 3.63) is 0 Å². The van der Waals surface area contributed by atoms with Crippen molar-refractivity contribution in [2.45, 2.75) is 32.7 Å². The standard InChI is InChI=1S/C12H27N3/c1-4-13-12(2)6-5-7-15-10-8-14(3)9-11-15/h12-13H,4-11H2,1-3H3. The Morgan fingerprint density at radius 1 is 1.20 bits per heavy atom. The lowest BCUT2D eigenvalue weighted by Gasteiger charge is -2.32. The Morgan fingerprint density at radius 3 is 2.47 bits per heavy atom. The predicted octanol–water partition coefficient (Wildman–Crippen LogP) is 1.01. The molecule has 1 unspecified atom stereocenters. The number of hydrogen-bond donors (Lipinski definition) is 1. The molecule has 0 amide bonds. The van der Waals surface area contributed by atoms with Crippen LogP contribution < -0.4 is 5.32 Å². The molecule has 0 aromatic heterocycles. The Labute approximate surface area is 94.8 Å². The molecule has 1 fully saturated rings. The molecule has 0 radical (unpaired) electrons. The fraction of sp³-hybridized carbons (Fsp3) is 1.00. The second kappa shape index (κ2) is 7.20. The third kappa shape index (κ3) is 5.50. The molecule has 1 aliphatic rings. The highest BCUT2D eigenvalue weighted by Gasteiger charge is 2.13. The van der Waals surface area contributed by atoms with Gasteiger partial charge < -0.3 is 15.1 Å². The third-order valence-corrected chi connectivity index (χ3v) is 3.26. The first-order chi connectivity index (χ1) is 7.22. The van der Waals surface area contributed by atoms with Gasteiger partial charge in [-0.2, -0.15) is 0 Å². The predicted molar refractivity (Wildman–Crippen MR) is 66.3 cm³/mol. The number of likely N-dealkylation sites (N-methyl/N-ethyl adjacent to an activating group) is 1. The van der Waals surface area contributed by atoms with Crippen LogP contribution >= 0.6 is 0 Å². The molecule has 1 saturated heterocycles. The van der Waals surface area contributed by atoms with Gasteiger partial charge in [0, 0.05) is 32.2 Å². The van der Waals surface area contributed by atoms with Gasteiger partial charge in [0.25, 0.3) is 0 Å². The quantitative estimate of drug-likeness (QED) is 0.710. The van der Waals surface area contributed by atoms with E-state index in [2.05, 4.69) is 36.0 Å². The van der Waals surface area contributed by atoms with Crippen LogP contribution in [-0.2, 0) is 0 Å². The smallest absolute Gasteiger partial charge is 0.0110 e. The zero-order valence-electron chi connectivity index (χ0n) is 10.6. The summed E-state index contributed by atoms with van der Waals surface area (Å²) in [5, 5.41) is 3.46. The molecule has 1 rings (SSSR count). The van der Waals surface area contributed by atoms with Crippen LogP contribution in [0.1, 0.15) is 26.7 Å². The maximum atomic E-state index is 3.46. The van der Waals surface area contributed by atoms with Crippen LogP contribution in [0.15, 0.2) is 0 Å². The molecular formula is C12H27N3. The van der Waals surface area contributed by atoms with Gasteiger partial charge in [0.1, 0.15) is 0 Å². The van der Waals surface area contributed by atoms with Gasteiger partial charge in [-0.25, -0.2) is 0 Å². The summed E-state index contributed by atoms with van der Waals surface area (Å²) in [6.07, 6.45) is 2.64. The van der Waals surface area contributed by atoms with Crippen molar-refractivity contribution < 1.29 is 0 Å². The van der Waals surface area contributed by atoms with Gasteiger partial charge in [0.2, 0.25) is 0 Å². The summed E-state index contributed by atoms with van der Waals surface area (Å²) >= 11 is 0. The minimum absolute atomic E-state index is 0.683. The molecule has 90 valence electrons. The molecule has 1 aliphatic heterocycles. The van der Waals surface area contributed by atoms with Crippen LogP contribution in [0.4, 0.5) is 0 Å². The SMILES string of the molecule is CCNC(C)CCCN1CCN(C)CC1. The van der Waals surface area contributed by atoms with E-state index in [4.69, 9.17) is 0 Å². The molecule has 0 spiro atoms. The first-order valence-electron chi connectivity index (χ1n) is 6.36. The summed E-state index contributed by atoms with van der Waals surface area (Å²) in [6.45, 7) is 11.8. The van der Waals surface area contributed by atoms with Crippen LogP contribution in [0, 0.1) is 0 Å². The summed E-state index contributed by atoms with van der Waals surface area (Å²) in [5.41, 5.74) is 0. The molecule has 1 N–H and O–H groups in total. The maximum Gasteiger partial charge on any atom is 0.0110 e. The lowest BCUT2D eigenvalue weighted by atomic mass is 10.1. The van der Waals surface area contributed by atoms with Gasteiger partial charge in [-0.05, 0) is 39.9 Å². The van der Waals surface area contributed by atoms with Gasteiger partial charge >= 0.3 is 0 Å². The molecule has 0 aromatic rings. The van der Waals surface area contributed by atoms with Gasteiger partial charge in [0.15, 0.2) is 0 Å². The van der Waals surface area contributed by atoms with Crippen LogP contribution in [-0.4, -0.2) is 62.2 Å². The lowest BCUT2D eigenvalue weighted by molar-refractivity contribution is 0.151. The topological polar surface area (TPSA) is 18.5 Å². The van der Waals surface area contributed by atoms with Crippen molar-refractivity contribution in [3.63, 3.8) is 0 Å². The Kier molecular flexibility index (Phi) is 6.22. The van der Waals surface area contributed by atoms with E-state index in [0.717, 1.165) is 6.54 Å². The molecule has 15 heavy (non-hydrogen) atoms. The summed E-state index contributed by atoms with van der Waals surface area (Å²) in [5.74, 6) is 0. The molecule has 0 aromatic carbocycles. The molecule has 1 heterocycles. The van der Waals surface area contributed by atoms with E-state index in [9.17, 15) is 0 Å². The Morgan fingerprint density at radius 2 is 1.87 bits per heavy atom. The average molecular weight is 213 g/mol. The van der Waals surface area contributed by atoms with E-state index < -0.39 is 0 Å². The van der Waals surface area contributed by atoms with E-state index in [1.54, 1.807) is 0 Å². The van der Waals surface area contributed by atoms with E-state index in [-0.39, 0.29) is 0 Å². The first-order valence-corrected chi connectivity index (χ1v) is 6.36. The van der Waals surface area contributed by atoms with Crippen molar-refractivity contribution in [1.29, 1.82) is 0 Å². The summed E-state index contributed by atoms with van der Waals surface area (Å²) in [7, 11) is 2.21. The van der Waals surface area contributed by atoms with Crippen molar-refractivity contribution >= 4 is 0 Å². The maximum absolute atomic E-state index is 3.46. The Balaban J connectivity index is 2.00. The third-order valence-electron chi connectivity index (χ3n) is 3.26. The summed E-state index contributed by atoms with van der Waals surface area (Å²) in [6, 6.07) is 0.683. The summed E-state index contributed by atoms with van der Waals surface area (Å²) < 4.78 is 0. The van der Waals surface area contributed by atoms with Gasteiger partial charge in [-0.3, -0.25) is 0 Å². The number of nitrogens with one attached hydrogen (secondary N) is 1. The van der Waals surface area contributed by atoms with Crippen molar-refractivity contribution in [3.8, 4) is 0 Å². The van der Waals surface area contributed by atoms with Crippen molar-refractivity contribution in [2.75, 3.05) is 46.3 Å². The Hall–Kier alpha value is -0.120. The largest absolute Gasteiger partial charge is 0.315 e. The fourth-order valence-electron chi connectivity index (χ4n) is 2.14. The van der Waals surface area contributed by atoms with Crippen molar-refractivity contribution in [1.82, 2.24) is 15.1 Å². The van der Waals surface area contributed by atoms with E-state index in [1.807, 2.05) is 0 Å². The molecule has 1 atom stereocenters. The first kappa shape index (κ1) is 12.9. The van der Waals surface area contributed by atoms with Gasteiger partial charge in [-0.15, -0.1) is 0 Å². The van der Waals surface area contributed by atoms with Gasteiger partial charge in [0.05, 0.1) is 0 Å². The highest BCUT2D eigenvalue weighted by atomic mass is 15.2. The Bertz CT molecular complexity index is 153. The molecule has 3 heteroatoms. The fourth-order valence-corrected chi connectivity index (χ4v) is 2.14. The van der Waals surface area contributed by atoms with Crippen LogP contribution in [0.2, 0.25) is 0 Å². The van der Waals surface area contributed by atoms with E-state index in [0.29, 0.717) is 6.04 Å². The molecule has 0 saturated carbocycles. The molecule has 0 bridgehead atoms. The monoisotopic (exact) mass is 213 g/mol.